The second-order valence-corrected chi connectivity index (χ2v) is 3.74. The number of carbonyl (C=O) groups excluding carboxylic acids is 1. The predicted octanol–water partition coefficient (Wildman–Crippen LogP) is 1.92. The van der Waals surface area contributed by atoms with E-state index in [1.807, 2.05) is 0 Å². The van der Waals surface area contributed by atoms with Gasteiger partial charge in [-0.3, -0.25) is 15.6 Å². The van der Waals surface area contributed by atoms with Crippen LogP contribution in [0.1, 0.15) is 6.92 Å². The van der Waals surface area contributed by atoms with E-state index >= 15 is 0 Å². The van der Waals surface area contributed by atoms with Crippen molar-refractivity contribution >= 4 is 28.9 Å². The standard InChI is InChI=1S/C10H10F3N3O2S/c1-6(17)15-16-9(19)14-7-2-4-8(5-3-7)18-10(11,12)13/h2-5H,1H3,(H,15,17)(H2,14,16,19). The molecule has 1 amide bonds. The maximum atomic E-state index is 11.9. The Morgan fingerprint density at radius 2 is 1.79 bits per heavy atom. The first-order valence-corrected chi connectivity index (χ1v) is 5.36. The van der Waals surface area contributed by atoms with Gasteiger partial charge in [0.05, 0.1) is 0 Å². The topological polar surface area (TPSA) is 62.4 Å². The summed E-state index contributed by atoms with van der Waals surface area (Å²) in [7, 11) is 0. The molecule has 3 N–H and O–H groups in total. The van der Waals surface area contributed by atoms with E-state index in [4.69, 9.17) is 12.2 Å². The van der Waals surface area contributed by atoms with Gasteiger partial charge in [0.15, 0.2) is 5.11 Å². The van der Waals surface area contributed by atoms with E-state index in [9.17, 15) is 18.0 Å². The number of anilines is 1. The van der Waals surface area contributed by atoms with Gasteiger partial charge in [-0.15, -0.1) is 13.2 Å². The number of amides is 1. The lowest BCUT2D eigenvalue weighted by atomic mass is 10.3. The van der Waals surface area contributed by atoms with E-state index in [0.29, 0.717) is 5.69 Å². The van der Waals surface area contributed by atoms with Crippen molar-refractivity contribution in [2.45, 2.75) is 13.3 Å². The van der Waals surface area contributed by atoms with E-state index in [1.165, 1.54) is 19.1 Å². The van der Waals surface area contributed by atoms with Crippen LogP contribution in [-0.4, -0.2) is 17.4 Å². The van der Waals surface area contributed by atoms with Gasteiger partial charge in [0.2, 0.25) is 5.91 Å². The summed E-state index contributed by atoms with van der Waals surface area (Å²) in [6.07, 6.45) is -4.72. The van der Waals surface area contributed by atoms with Crippen LogP contribution in [0.3, 0.4) is 0 Å². The molecule has 5 nitrogen and oxygen atoms in total. The number of alkyl halides is 3. The largest absolute Gasteiger partial charge is 0.573 e. The number of thiocarbonyl (C=S) groups is 1. The third-order valence-corrected chi connectivity index (χ3v) is 1.90. The summed E-state index contributed by atoms with van der Waals surface area (Å²) >= 11 is 4.83. The molecule has 0 spiro atoms. The second kappa shape index (κ2) is 6.23. The fraction of sp³-hybridized carbons (Fsp3) is 0.200. The van der Waals surface area contributed by atoms with E-state index in [1.54, 1.807) is 0 Å². The van der Waals surface area contributed by atoms with Crippen LogP contribution in [0.25, 0.3) is 0 Å². The average molecular weight is 293 g/mol. The van der Waals surface area contributed by atoms with Crippen molar-refractivity contribution in [3.8, 4) is 5.75 Å². The molecule has 0 heterocycles. The minimum Gasteiger partial charge on any atom is -0.406 e. The minimum atomic E-state index is -4.72. The number of nitrogens with one attached hydrogen (secondary N) is 3. The van der Waals surface area contributed by atoms with Gasteiger partial charge in [-0.2, -0.15) is 0 Å². The molecule has 19 heavy (non-hydrogen) atoms. The van der Waals surface area contributed by atoms with Crippen LogP contribution >= 0.6 is 12.2 Å². The Hall–Kier alpha value is -2.03. The van der Waals surface area contributed by atoms with E-state index in [-0.39, 0.29) is 16.8 Å². The van der Waals surface area contributed by atoms with Gasteiger partial charge in [0.1, 0.15) is 5.75 Å². The minimum absolute atomic E-state index is 0.0969. The second-order valence-electron chi connectivity index (χ2n) is 3.33. The Balaban J connectivity index is 2.52. The summed E-state index contributed by atoms with van der Waals surface area (Å²) in [5, 5.41) is 2.75. The molecule has 0 atom stereocenters. The third kappa shape index (κ3) is 6.46. The van der Waals surface area contributed by atoms with Crippen molar-refractivity contribution in [1.82, 2.24) is 10.9 Å². The fourth-order valence-corrected chi connectivity index (χ4v) is 1.22. The summed E-state index contributed by atoms with van der Waals surface area (Å²) in [6, 6.07) is 4.97. The zero-order valence-electron chi connectivity index (χ0n) is 9.67. The van der Waals surface area contributed by atoms with Crippen molar-refractivity contribution < 1.29 is 22.7 Å². The first kappa shape index (κ1) is 15.0. The average Bonchev–Trinajstić information content (AvgIpc) is 2.27. The lowest BCUT2D eigenvalue weighted by molar-refractivity contribution is -0.274. The Labute approximate surface area is 112 Å². The highest BCUT2D eigenvalue weighted by atomic mass is 32.1. The summed E-state index contributed by atoms with van der Waals surface area (Å²) in [4.78, 5) is 10.6. The van der Waals surface area contributed by atoms with Gasteiger partial charge in [0, 0.05) is 12.6 Å². The van der Waals surface area contributed by atoms with Crippen LogP contribution in [0.15, 0.2) is 24.3 Å². The maximum Gasteiger partial charge on any atom is 0.573 e. The summed E-state index contributed by atoms with van der Waals surface area (Å²) < 4.78 is 39.5. The van der Waals surface area contributed by atoms with Crippen LogP contribution in [0.5, 0.6) is 5.75 Å². The molecular weight excluding hydrogens is 283 g/mol. The number of rotatable bonds is 2. The van der Waals surface area contributed by atoms with Crippen molar-refractivity contribution in [3.63, 3.8) is 0 Å². The maximum absolute atomic E-state index is 11.9. The third-order valence-electron chi connectivity index (χ3n) is 1.70. The smallest absolute Gasteiger partial charge is 0.406 e. The zero-order chi connectivity index (χ0) is 14.5. The first-order chi connectivity index (χ1) is 8.76. The van der Waals surface area contributed by atoms with Gasteiger partial charge in [0.25, 0.3) is 0 Å². The number of hydrogen-bond donors (Lipinski definition) is 3. The molecule has 0 aliphatic carbocycles. The quantitative estimate of drug-likeness (QED) is 0.574. The van der Waals surface area contributed by atoms with E-state index in [2.05, 4.69) is 20.9 Å². The Kier molecular flexibility index (Phi) is 4.93. The van der Waals surface area contributed by atoms with Crippen molar-refractivity contribution in [2.75, 3.05) is 5.32 Å². The van der Waals surface area contributed by atoms with Crippen LogP contribution in [-0.2, 0) is 4.79 Å². The van der Waals surface area contributed by atoms with Gasteiger partial charge in [-0.05, 0) is 36.5 Å². The molecule has 0 aliphatic rings. The van der Waals surface area contributed by atoms with Crippen molar-refractivity contribution in [2.24, 2.45) is 0 Å². The SMILES string of the molecule is CC(=O)NNC(=S)Nc1ccc(OC(F)(F)F)cc1. The summed E-state index contributed by atoms with van der Waals surface area (Å²) in [6.45, 7) is 1.29. The van der Waals surface area contributed by atoms with Gasteiger partial charge < -0.3 is 10.1 Å². The fourth-order valence-electron chi connectivity index (χ4n) is 1.05. The lowest BCUT2D eigenvalue weighted by Crippen LogP contribution is -2.42. The summed E-state index contributed by atoms with van der Waals surface area (Å²) in [5.74, 6) is -0.670. The molecular formula is C10H10F3N3O2S. The highest BCUT2D eigenvalue weighted by Crippen LogP contribution is 2.23. The number of ether oxygens (including phenoxy) is 1. The monoisotopic (exact) mass is 293 g/mol. The van der Waals surface area contributed by atoms with Crippen LogP contribution < -0.4 is 20.9 Å². The van der Waals surface area contributed by atoms with Gasteiger partial charge in [-0.25, -0.2) is 0 Å². The Morgan fingerprint density at radius 1 is 1.21 bits per heavy atom. The van der Waals surface area contributed by atoms with Crippen LogP contribution in [0.4, 0.5) is 18.9 Å². The normalized spacial score (nSPS) is 10.5. The molecule has 0 saturated carbocycles. The molecule has 0 bridgehead atoms. The molecule has 0 unspecified atom stereocenters. The summed E-state index contributed by atoms with van der Waals surface area (Å²) in [5.41, 5.74) is 5.08. The predicted molar refractivity (Wildman–Crippen MR) is 66.3 cm³/mol. The molecule has 1 rings (SSSR count). The number of hydrazine groups is 1. The number of hydrogen-bond acceptors (Lipinski definition) is 3. The van der Waals surface area contributed by atoms with Gasteiger partial charge in [-0.1, -0.05) is 0 Å². The first-order valence-electron chi connectivity index (χ1n) is 4.95. The Morgan fingerprint density at radius 3 is 2.26 bits per heavy atom. The molecule has 0 radical (unpaired) electrons. The molecule has 0 saturated heterocycles. The molecule has 104 valence electrons. The zero-order valence-corrected chi connectivity index (χ0v) is 10.5. The number of benzene rings is 1. The molecule has 1 aromatic carbocycles. The highest BCUT2D eigenvalue weighted by Gasteiger charge is 2.30. The van der Waals surface area contributed by atoms with Crippen LogP contribution in [0, 0.1) is 0 Å². The highest BCUT2D eigenvalue weighted by molar-refractivity contribution is 7.80. The molecule has 0 aromatic heterocycles. The molecule has 1 aromatic rings. The van der Waals surface area contributed by atoms with Crippen molar-refractivity contribution in [1.29, 1.82) is 0 Å². The molecule has 0 aliphatic heterocycles. The number of carbonyl (C=O) groups is 1. The molecule has 0 fully saturated rings. The van der Waals surface area contributed by atoms with Crippen LogP contribution in [0.2, 0.25) is 0 Å². The van der Waals surface area contributed by atoms with Crippen molar-refractivity contribution in [3.05, 3.63) is 24.3 Å². The Bertz CT molecular complexity index is 462. The van der Waals surface area contributed by atoms with Gasteiger partial charge >= 0.3 is 6.36 Å². The molecule has 9 heteroatoms. The lowest BCUT2D eigenvalue weighted by Gasteiger charge is -2.12. The van der Waals surface area contributed by atoms with E-state index in [0.717, 1.165) is 12.1 Å². The number of halogens is 3. The van der Waals surface area contributed by atoms with E-state index < -0.39 is 6.36 Å².